The van der Waals surface area contributed by atoms with E-state index >= 15 is 0 Å². The monoisotopic (exact) mass is 360 g/mol. The van der Waals surface area contributed by atoms with Crippen molar-refractivity contribution in [3.05, 3.63) is 18.0 Å². The first-order chi connectivity index (χ1) is 12.6. The number of nitrogens with one attached hydrogen (secondary N) is 1. The molecule has 3 rings (SSSR count). The van der Waals surface area contributed by atoms with Crippen LogP contribution in [0.25, 0.3) is 0 Å². The Morgan fingerprint density at radius 3 is 2.69 bits per heavy atom. The Morgan fingerprint density at radius 2 is 2.12 bits per heavy atom. The molecule has 6 nitrogen and oxygen atoms in total. The Labute approximate surface area is 156 Å². The average molecular weight is 361 g/mol. The number of aromatic nitrogens is 2. The van der Waals surface area contributed by atoms with Gasteiger partial charge in [-0.25, -0.2) is 0 Å². The number of hydrogen-bond donors (Lipinski definition) is 1. The molecule has 1 aromatic heterocycles. The summed E-state index contributed by atoms with van der Waals surface area (Å²) in [5.74, 6) is 0.300. The maximum Gasteiger partial charge on any atom is 0.241 e. The summed E-state index contributed by atoms with van der Waals surface area (Å²) in [4.78, 5) is 27.4. The number of amides is 2. The molecule has 0 radical (unpaired) electrons. The Balaban J connectivity index is 1.51. The van der Waals surface area contributed by atoms with Crippen molar-refractivity contribution in [1.29, 1.82) is 0 Å². The first kappa shape index (κ1) is 18.9. The summed E-state index contributed by atoms with van der Waals surface area (Å²) >= 11 is 0. The van der Waals surface area contributed by atoms with Gasteiger partial charge in [0.25, 0.3) is 0 Å². The number of likely N-dealkylation sites (tertiary alicyclic amines) is 1. The number of nitrogens with zero attached hydrogens (tertiary/aromatic N) is 3. The fraction of sp³-hybridized carbons (Fsp3) is 0.750. The highest BCUT2D eigenvalue weighted by molar-refractivity contribution is 5.84. The molecule has 1 aliphatic heterocycles. The van der Waals surface area contributed by atoms with E-state index in [4.69, 9.17) is 0 Å². The third-order valence-electron chi connectivity index (χ3n) is 6.19. The molecule has 0 spiro atoms. The van der Waals surface area contributed by atoms with Crippen LogP contribution in [0.4, 0.5) is 0 Å². The van der Waals surface area contributed by atoms with Crippen molar-refractivity contribution in [1.82, 2.24) is 20.0 Å². The Bertz CT molecular complexity index is 634. The van der Waals surface area contributed by atoms with Crippen LogP contribution < -0.4 is 5.32 Å². The minimum absolute atomic E-state index is 0.0438. The Hall–Kier alpha value is -1.85. The fourth-order valence-electron chi connectivity index (χ4n) is 4.35. The third-order valence-corrected chi connectivity index (χ3v) is 6.19. The quantitative estimate of drug-likeness (QED) is 0.775. The van der Waals surface area contributed by atoms with Gasteiger partial charge in [0.05, 0.1) is 6.04 Å². The number of carbonyl (C=O) groups excluding carboxylic acids is 2. The lowest BCUT2D eigenvalue weighted by Gasteiger charge is -2.46. The Kier molecular flexibility index (Phi) is 5.99. The van der Waals surface area contributed by atoms with Crippen LogP contribution in [-0.2, 0) is 16.1 Å². The van der Waals surface area contributed by atoms with Gasteiger partial charge in [0.1, 0.15) is 6.54 Å². The minimum atomic E-state index is -0.120. The van der Waals surface area contributed by atoms with Gasteiger partial charge in [-0.1, -0.05) is 32.6 Å². The van der Waals surface area contributed by atoms with Gasteiger partial charge >= 0.3 is 0 Å². The number of aryl methyl sites for hydroxylation is 1. The van der Waals surface area contributed by atoms with Gasteiger partial charge < -0.3 is 10.2 Å². The third kappa shape index (κ3) is 3.94. The zero-order chi connectivity index (χ0) is 18.6. The van der Waals surface area contributed by atoms with Crippen molar-refractivity contribution in [2.24, 2.45) is 5.41 Å². The molecule has 2 amide bonds. The van der Waals surface area contributed by atoms with E-state index in [0.717, 1.165) is 50.8 Å². The maximum atomic E-state index is 13.2. The number of unbranched alkanes of at least 4 members (excludes halogenated alkanes) is 1. The van der Waals surface area contributed by atoms with Crippen LogP contribution in [0.2, 0.25) is 0 Å². The van der Waals surface area contributed by atoms with Gasteiger partial charge in [-0.05, 0) is 38.7 Å². The lowest BCUT2D eigenvalue weighted by atomic mass is 9.78. The van der Waals surface area contributed by atoms with E-state index in [1.165, 1.54) is 12.8 Å². The number of hydrogen-bond acceptors (Lipinski definition) is 3. The summed E-state index contributed by atoms with van der Waals surface area (Å²) in [7, 11) is 0. The highest BCUT2D eigenvalue weighted by Crippen LogP contribution is 2.45. The highest BCUT2D eigenvalue weighted by Gasteiger charge is 2.46. The fourth-order valence-corrected chi connectivity index (χ4v) is 4.35. The molecule has 1 atom stereocenters. The van der Waals surface area contributed by atoms with E-state index in [0.29, 0.717) is 12.5 Å². The molecule has 2 fully saturated rings. The molecule has 1 unspecified atom stereocenters. The molecule has 0 aromatic carbocycles. The number of carbonyl (C=O) groups is 2. The van der Waals surface area contributed by atoms with Crippen LogP contribution in [0, 0.1) is 12.3 Å². The van der Waals surface area contributed by atoms with Crippen molar-refractivity contribution in [3.8, 4) is 0 Å². The lowest BCUT2D eigenvalue weighted by molar-refractivity contribution is -0.151. The molecule has 144 valence electrons. The first-order valence-electron chi connectivity index (χ1n) is 10.1. The zero-order valence-electron chi connectivity index (χ0n) is 16.2. The second-order valence-electron chi connectivity index (χ2n) is 7.97. The van der Waals surface area contributed by atoms with Gasteiger partial charge in [-0.15, -0.1) is 0 Å². The largest absolute Gasteiger partial charge is 0.352 e. The standard InChI is InChI=1S/C20H32N4O2/c1-3-4-9-20(10-5-6-11-20)19(26)23-13-8-17(23)14-21-18(25)15-24-16(2)7-12-22-24/h7,12,17H,3-6,8-11,13-15H2,1-2H3,(H,21,25). The van der Waals surface area contributed by atoms with Crippen LogP contribution in [0.3, 0.4) is 0 Å². The normalized spacial score (nSPS) is 21.5. The molecule has 1 N–H and O–H groups in total. The van der Waals surface area contributed by atoms with Crippen LogP contribution in [0.15, 0.2) is 12.3 Å². The van der Waals surface area contributed by atoms with E-state index in [1.54, 1.807) is 10.9 Å². The zero-order valence-corrected chi connectivity index (χ0v) is 16.2. The van der Waals surface area contributed by atoms with Crippen LogP contribution in [0.5, 0.6) is 0 Å². The molecular weight excluding hydrogens is 328 g/mol. The molecule has 1 aliphatic carbocycles. The summed E-state index contributed by atoms with van der Waals surface area (Å²) in [5, 5.41) is 7.13. The van der Waals surface area contributed by atoms with Crippen LogP contribution >= 0.6 is 0 Å². The number of rotatable bonds is 8. The van der Waals surface area contributed by atoms with E-state index < -0.39 is 0 Å². The van der Waals surface area contributed by atoms with Crippen molar-refractivity contribution in [2.75, 3.05) is 13.1 Å². The summed E-state index contributed by atoms with van der Waals surface area (Å²) < 4.78 is 1.69. The topological polar surface area (TPSA) is 67.2 Å². The molecule has 2 heterocycles. The Morgan fingerprint density at radius 1 is 1.35 bits per heavy atom. The predicted molar refractivity (Wildman–Crippen MR) is 101 cm³/mol. The summed E-state index contributed by atoms with van der Waals surface area (Å²) in [6, 6.07) is 2.04. The molecule has 2 aliphatic rings. The second kappa shape index (κ2) is 8.23. The summed E-state index contributed by atoms with van der Waals surface area (Å²) in [5.41, 5.74) is 0.852. The predicted octanol–water partition coefficient (Wildman–Crippen LogP) is 2.66. The molecule has 26 heavy (non-hydrogen) atoms. The molecule has 0 bridgehead atoms. The molecular formula is C20H32N4O2. The SMILES string of the molecule is CCCCC1(C(=O)N2CCC2CNC(=O)Cn2nccc2C)CCCC1. The summed E-state index contributed by atoms with van der Waals surface area (Å²) in [6.07, 6.45) is 10.4. The van der Waals surface area contributed by atoms with Crippen molar-refractivity contribution < 1.29 is 9.59 Å². The van der Waals surface area contributed by atoms with Gasteiger partial charge in [0.2, 0.25) is 11.8 Å². The van der Waals surface area contributed by atoms with E-state index in [-0.39, 0.29) is 23.9 Å². The van der Waals surface area contributed by atoms with Crippen molar-refractivity contribution in [3.63, 3.8) is 0 Å². The first-order valence-corrected chi connectivity index (χ1v) is 10.1. The average Bonchev–Trinajstić information content (AvgIpc) is 3.22. The van der Waals surface area contributed by atoms with Gasteiger partial charge in [-0.2, -0.15) is 5.10 Å². The minimum Gasteiger partial charge on any atom is -0.352 e. The van der Waals surface area contributed by atoms with Gasteiger partial charge in [0, 0.05) is 30.4 Å². The van der Waals surface area contributed by atoms with Gasteiger partial charge in [-0.3, -0.25) is 14.3 Å². The lowest BCUT2D eigenvalue weighted by Crippen LogP contribution is -2.59. The van der Waals surface area contributed by atoms with E-state index in [9.17, 15) is 9.59 Å². The second-order valence-corrected chi connectivity index (χ2v) is 7.97. The summed E-state index contributed by atoms with van der Waals surface area (Å²) in [6.45, 7) is 5.75. The van der Waals surface area contributed by atoms with Gasteiger partial charge in [0.15, 0.2) is 0 Å². The maximum absolute atomic E-state index is 13.2. The smallest absolute Gasteiger partial charge is 0.241 e. The van der Waals surface area contributed by atoms with E-state index in [1.807, 2.05) is 17.9 Å². The van der Waals surface area contributed by atoms with Crippen molar-refractivity contribution in [2.45, 2.75) is 77.8 Å². The van der Waals surface area contributed by atoms with Crippen LogP contribution in [0.1, 0.15) is 64.0 Å². The molecule has 1 saturated carbocycles. The molecule has 6 heteroatoms. The molecule has 1 aromatic rings. The van der Waals surface area contributed by atoms with Crippen molar-refractivity contribution >= 4 is 11.8 Å². The molecule has 1 saturated heterocycles. The van der Waals surface area contributed by atoms with E-state index in [2.05, 4.69) is 17.3 Å². The highest BCUT2D eigenvalue weighted by atomic mass is 16.2. The van der Waals surface area contributed by atoms with Crippen LogP contribution in [-0.4, -0.2) is 45.6 Å².